The molecule has 0 unspecified atom stereocenters. The van der Waals surface area contributed by atoms with Gasteiger partial charge in [-0.1, -0.05) is 24.6 Å². The molecule has 2 aromatic carbocycles. The number of benzene rings is 2. The van der Waals surface area contributed by atoms with Crippen LogP contribution < -0.4 is 5.32 Å². The van der Waals surface area contributed by atoms with Gasteiger partial charge in [0.2, 0.25) is 5.91 Å². The van der Waals surface area contributed by atoms with Crippen LogP contribution in [0, 0.1) is 5.82 Å². The molecule has 0 radical (unpaired) electrons. The number of anilines is 1. The van der Waals surface area contributed by atoms with E-state index in [2.05, 4.69) is 9.71 Å². The molecule has 30 heavy (non-hydrogen) atoms. The van der Waals surface area contributed by atoms with Crippen LogP contribution in [0.2, 0.25) is 0 Å². The highest BCUT2D eigenvalue weighted by Gasteiger charge is 2.18. The first-order valence-electron chi connectivity index (χ1n) is 9.73. The number of amidine groups is 1. The van der Waals surface area contributed by atoms with Gasteiger partial charge in [0, 0.05) is 31.8 Å². The number of carbonyl (C=O) groups excluding carboxylic acids is 1. The summed E-state index contributed by atoms with van der Waals surface area (Å²) in [7, 11) is -2.04. The summed E-state index contributed by atoms with van der Waals surface area (Å²) in [6, 6.07) is 11.8. The molecule has 1 N–H and O–H groups in total. The number of amides is 1. The third-order valence-corrected chi connectivity index (χ3v) is 6.04. The smallest absolute Gasteiger partial charge is 0.284 e. The SMILES string of the molecule is CN1CCCCC/C1=N\S(=O)(=O)c1cccc(NC(=O)/C=C/c2cccc(F)c2)c1. The lowest BCUT2D eigenvalue weighted by Gasteiger charge is -2.17. The fraction of sp³-hybridized carbons (Fsp3) is 0.273. The molecule has 2 aromatic rings. The minimum absolute atomic E-state index is 0.0135. The Morgan fingerprint density at radius 2 is 1.93 bits per heavy atom. The Morgan fingerprint density at radius 3 is 2.73 bits per heavy atom. The third-order valence-electron chi connectivity index (χ3n) is 4.74. The largest absolute Gasteiger partial charge is 0.362 e. The Balaban J connectivity index is 1.74. The summed E-state index contributed by atoms with van der Waals surface area (Å²) in [5.74, 6) is -0.292. The van der Waals surface area contributed by atoms with Gasteiger partial charge in [-0.3, -0.25) is 4.79 Å². The monoisotopic (exact) mass is 429 g/mol. The van der Waals surface area contributed by atoms with Gasteiger partial charge in [-0.2, -0.15) is 8.42 Å². The zero-order valence-electron chi connectivity index (χ0n) is 16.7. The van der Waals surface area contributed by atoms with Crippen LogP contribution in [-0.4, -0.2) is 38.7 Å². The summed E-state index contributed by atoms with van der Waals surface area (Å²) in [6.45, 7) is 0.780. The predicted octanol–water partition coefficient (Wildman–Crippen LogP) is 4.07. The molecule has 0 saturated carbocycles. The van der Waals surface area contributed by atoms with Crippen molar-refractivity contribution in [3.63, 3.8) is 0 Å². The first-order valence-corrected chi connectivity index (χ1v) is 11.2. The van der Waals surface area contributed by atoms with Gasteiger partial charge in [0.15, 0.2) is 0 Å². The summed E-state index contributed by atoms with van der Waals surface area (Å²) in [5.41, 5.74) is 0.879. The molecule has 0 aromatic heterocycles. The lowest BCUT2D eigenvalue weighted by molar-refractivity contribution is -0.111. The van der Waals surface area contributed by atoms with Crippen molar-refractivity contribution >= 4 is 33.5 Å². The molecule has 1 aliphatic heterocycles. The van der Waals surface area contributed by atoms with Crippen LogP contribution in [-0.2, 0) is 14.8 Å². The number of hydrogen-bond donors (Lipinski definition) is 1. The second-order valence-corrected chi connectivity index (χ2v) is 8.72. The molecule has 8 heteroatoms. The van der Waals surface area contributed by atoms with E-state index < -0.39 is 21.7 Å². The third kappa shape index (κ3) is 6.00. The quantitative estimate of drug-likeness (QED) is 0.727. The lowest BCUT2D eigenvalue weighted by Crippen LogP contribution is -2.26. The van der Waals surface area contributed by atoms with Crippen molar-refractivity contribution in [1.29, 1.82) is 0 Å². The van der Waals surface area contributed by atoms with Crippen molar-refractivity contribution in [3.8, 4) is 0 Å². The number of rotatable bonds is 5. The van der Waals surface area contributed by atoms with E-state index >= 15 is 0 Å². The molecule has 0 spiro atoms. The van der Waals surface area contributed by atoms with Crippen molar-refractivity contribution in [3.05, 3.63) is 66.0 Å². The lowest BCUT2D eigenvalue weighted by atomic mass is 10.2. The standard InChI is InChI=1S/C22H24FN3O3S/c1-26-14-4-2-3-11-21(26)25-30(28,29)20-10-6-9-19(16-20)24-22(27)13-12-17-7-5-8-18(23)15-17/h5-10,12-13,15-16H,2-4,11,14H2,1H3,(H,24,27)/b13-12+,25-21+. The molecule has 1 saturated heterocycles. The van der Waals surface area contributed by atoms with Gasteiger partial charge in [0.1, 0.15) is 11.7 Å². The van der Waals surface area contributed by atoms with Crippen molar-refractivity contribution in [2.75, 3.05) is 18.9 Å². The van der Waals surface area contributed by atoms with Crippen molar-refractivity contribution in [2.45, 2.75) is 30.6 Å². The fourth-order valence-electron chi connectivity index (χ4n) is 3.14. The predicted molar refractivity (Wildman–Crippen MR) is 116 cm³/mol. The number of nitrogens with one attached hydrogen (secondary N) is 1. The second kappa shape index (κ2) is 9.67. The second-order valence-electron chi connectivity index (χ2n) is 7.12. The number of nitrogens with zero attached hydrogens (tertiary/aromatic N) is 2. The number of halogens is 1. The van der Waals surface area contributed by atoms with Crippen LogP contribution in [0.4, 0.5) is 10.1 Å². The van der Waals surface area contributed by atoms with E-state index in [9.17, 15) is 17.6 Å². The minimum Gasteiger partial charge on any atom is -0.362 e. The van der Waals surface area contributed by atoms with Crippen LogP contribution in [0.15, 0.2) is 63.9 Å². The summed E-state index contributed by atoms with van der Waals surface area (Å²) >= 11 is 0. The average Bonchev–Trinajstić information content (AvgIpc) is 2.91. The summed E-state index contributed by atoms with van der Waals surface area (Å²) in [5, 5.41) is 2.62. The molecular weight excluding hydrogens is 405 g/mol. The zero-order chi connectivity index (χ0) is 21.6. The number of carbonyl (C=O) groups is 1. The summed E-state index contributed by atoms with van der Waals surface area (Å²) in [6.07, 6.45) is 6.33. The topological polar surface area (TPSA) is 78.8 Å². The van der Waals surface area contributed by atoms with Gasteiger partial charge < -0.3 is 10.2 Å². The van der Waals surface area contributed by atoms with Crippen LogP contribution in [0.25, 0.3) is 6.08 Å². The highest BCUT2D eigenvalue weighted by molar-refractivity contribution is 7.90. The first kappa shape index (κ1) is 21.7. The van der Waals surface area contributed by atoms with Crippen molar-refractivity contribution in [2.24, 2.45) is 4.40 Å². The molecule has 1 heterocycles. The minimum atomic E-state index is -3.89. The van der Waals surface area contributed by atoms with Gasteiger partial charge in [0.05, 0.1) is 4.90 Å². The Bertz CT molecular complexity index is 1080. The Kier molecular flexibility index (Phi) is 6.99. The Labute approximate surface area is 176 Å². The number of sulfonamides is 1. The maximum atomic E-state index is 13.2. The van der Waals surface area contributed by atoms with Crippen molar-refractivity contribution < 1.29 is 17.6 Å². The summed E-state index contributed by atoms with van der Waals surface area (Å²) < 4.78 is 42.8. The van der Waals surface area contributed by atoms with E-state index in [-0.39, 0.29) is 4.90 Å². The zero-order valence-corrected chi connectivity index (χ0v) is 17.5. The van der Waals surface area contributed by atoms with E-state index in [0.717, 1.165) is 25.8 Å². The fourth-order valence-corrected chi connectivity index (χ4v) is 4.28. The maximum absolute atomic E-state index is 13.2. The van der Waals surface area contributed by atoms with Crippen LogP contribution in [0.1, 0.15) is 31.2 Å². The molecule has 158 valence electrons. The highest BCUT2D eigenvalue weighted by Crippen LogP contribution is 2.20. The molecule has 1 aliphatic rings. The Morgan fingerprint density at radius 1 is 1.13 bits per heavy atom. The van der Waals surface area contributed by atoms with E-state index in [1.165, 1.54) is 36.4 Å². The van der Waals surface area contributed by atoms with Gasteiger partial charge in [-0.05, 0) is 54.8 Å². The van der Waals surface area contributed by atoms with Gasteiger partial charge in [-0.25, -0.2) is 4.39 Å². The first-order chi connectivity index (χ1) is 14.3. The summed E-state index contributed by atoms with van der Waals surface area (Å²) in [4.78, 5) is 14.1. The highest BCUT2D eigenvalue weighted by atomic mass is 32.2. The normalized spacial score (nSPS) is 16.6. The van der Waals surface area contributed by atoms with Crippen LogP contribution >= 0.6 is 0 Å². The molecule has 6 nitrogen and oxygen atoms in total. The molecule has 1 amide bonds. The molecule has 0 atom stereocenters. The van der Waals surface area contributed by atoms with Crippen LogP contribution in [0.3, 0.4) is 0 Å². The van der Waals surface area contributed by atoms with Crippen molar-refractivity contribution in [1.82, 2.24) is 4.90 Å². The van der Waals surface area contributed by atoms with Gasteiger partial charge in [0.25, 0.3) is 10.0 Å². The Hall–Kier alpha value is -3.00. The number of hydrogen-bond acceptors (Lipinski definition) is 3. The molecule has 3 rings (SSSR count). The van der Waals surface area contributed by atoms with Gasteiger partial charge in [-0.15, -0.1) is 4.40 Å². The number of likely N-dealkylation sites (tertiary alicyclic amines) is 1. The van der Waals surface area contributed by atoms with E-state index in [1.54, 1.807) is 24.3 Å². The average molecular weight is 430 g/mol. The maximum Gasteiger partial charge on any atom is 0.284 e. The molecule has 0 bridgehead atoms. The van der Waals surface area contributed by atoms with E-state index in [1.807, 2.05) is 11.9 Å². The van der Waals surface area contributed by atoms with Crippen LogP contribution in [0.5, 0.6) is 0 Å². The molecular formula is C22H24FN3O3S. The van der Waals surface area contributed by atoms with E-state index in [0.29, 0.717) is 23.5 Å². The molecule has 0 aliphatic carbocycles. The van der Waals surface area contributed by atoms with E-state index in [4.69, 9.17) is 0 Å². The molecule has 1 fully saturated rings. The van der Waals surface area contributed by atoms with Gasteiger partial charge >= 0.3 is 0 Å².